The predicted octanol–water partition coefficient (Wildman–Crippen LogP) is 3.17. The standard InChI is InChI=1S/C19H22N2O3/c1-12-17(18(20-24-12)13-6-3-2-4-7-13)19(23)21-14-8-5-9-15(21)11-16(22)10-14/h2-4,6-7,14-16,22H,5,8-11H2,1H3/t14-,15+,16?. The molecule has 3 atom stereocenters. The van der Waals surface area contributed by atoms with Crippen LogP contribution in [-0.2, 0) is 0 Å². The van der Waals surface area contributed by atoms with Crippen LogP contribution in [0.3, 0.4) is 0 Å². The Morgan fingerprint density at radius 3 is 2.54 bits per heavy atom. The van der Waals surface area contributed by atoms with Crippen molar-refractivity contribution in [1.82, 2.24) is 10.1 Å². The lowest BCUT2D eigenvalue weighted by atomic mass is 9.82. The van der Waals surface area contributed by atoms with Gasteiger partial charge in [-0.15, -0.1) is 0 Å². The number of rotatable bonds is 2. The van der Waals surface area contributed by atoms with E-state index in [-0.39, 0.29) is 24.1 Å². The van der Waals surface area contributed by atoms with Crippen molar-refractivity contribution in [3.8, 4) is 11.3 Å². The molecule has 0 aliphatic carbocycles. The van der Waals surface area contributed by atoms with Gasteiger partial charge < -0.3 is 14.5 Å². The number of nitrogens with zero attached hydrogens (tertiary/aromatic N) is 2. The summed E-state index contributed by atoms with van der Waals surface area (Å²) in [5, 5.41) is 14.2. The number of carbonyl (C=O) groups excluding carboxylic acids is 1. The molecule has 0 radical (unpaired) electrons. The molecule has 2 fully saturated rings. The lowest BCUT2D eigenvalue weighted by Gasteiger charge is -2.47. The molecule has 1 N–H and O–H groups in total. The highest BCUT2D eigenvalue weighted by molar-refractivity contribution is 6.01. The minimum atomic E-state index is -0.290. The summed E-state index contributed by atoms with van der Waals surface area (Å²) in [5.74, 6) is 0.553. The van der Waals surface area contributed by atoms with Crippen molar-refractivity contribution in [2.24, 2.45) is 0 Å². The van der Waals surface area contributed by atoms with E-state index in [0.717, 1.165) is 24.8 Å². The highest BCUT2D eigenvalue weighted by atomic mass is 16.5. The Balaban J connectivity index is 1.72. The summed E-state index contributed by atoms with van der Waals surface area (Å²) in [5.41, 5.74) is 2.07. The summed E-state index contributed by atoms with van der Waals surface area (Å²) < 4.78 is 5.36. The highest BCUT2D eigenvalue weighted by Crippen LogP contribution is 2.37. The first-order chi connectivity index (χ1) is 11.6. The largest absolute Gasteiger partial charge is 0.393 e. The molecule has 126 valence electrons. The maximum atomic E-state index is 13.3. The number of hydrogen-bond acceptors (Lipinski definition) is 4. The zero-order chi connectivity index (χ0) is 16.7. The summed E-state index contributed by atoms with van der Waals surface area (Å²) in [4.78, 5) is 15.3. The first kappa shape index (κ1) is 15.4. The number of amides is 1. The van der Waals surface area contributed by atoms with Crippen molar-refractivity contribution in [2.45, 2.75) is 57.2 Å². The van der Waals surface area contributed by atoms with Crippen molar-refractivity contribution in [2.75, 3.05) is 0 Å². The molecule has 2 aromatic rings. The fourth-order valence-corrected chi connectivity index (χ4v) is 4.23. The Labute approximate surface area is 141 Å². The number of carbonyl (C=O) groups is 1. The molecule has 0 spiro atoms. The van der Waals surface area contributed by atoms with Gasteiger partial charge in [-0.3, -0.25) is 4.79 Å². The van der Waals surface area contributed by atoms with Crippen molar-refractivity contribution < 1.29 is 14.4 Å². The average Bonchev–Trinajstić information content (AvgIpc) is 2.96. The molecule has 4 rings (SSSR count). The van der Waals surface area contributed by atoms with Gasteiger partial charge in [0.25, 0.3) is 5.91 Å². The minimum Gasteiger partial charge on any atom is -0.393 e. The molecule has 3 heterocycles. The fourth-order valence-electron chi connectivity index (χ4n) is 4.23. The topological polar surface area (TPSA) is 66.6 Å². The average molecular weight is 326 g/mol. The molecular formula is C19H22N2O3. The van der Waals surface area contributed by atoms with Crippen LogP contribution < -0.4 is 0 Å². The Hall–Kier alpha value is -2.14. The van der Waals surface area contributed by atoms with Crippen LogP contribution in [0.4, 0.5) is 0 Å². The predicted molar refractivity (Wildman–Crippen MR) is 89.5 cm³/mol. The summed E-state index contributed by atoms with van der Waals surface area (Å²) in [6.07, 6.45) is 4.11. The van der Waals surface area contributed by atoms with E-state index in [1.54, 1.807) is 6.92 Å². The maximum absolute atomic E-state index is 13.3. The molecule has 2 aliphatic heterocycles. The van der Waals surface area contributed by atoms with Crippen molar-refractivity contribution in [1.29, 1.82) is 0 Å². The minimum absolute atomic E-state index is 0.00537. The van der Waals surface area contributed by atoms with Crippen molar-refractivity contribution >= 4 is 5.91 Å². The molecule has 0 saturated carbocycles. The molecule has 24 heavy (non-hydrogen) atoms. The van der Waals surface area contributed by atoms with Crippen LogP contribution in [0.15, 0.2) is 34.9 Å². The Morgan fingerprint density at radius 1 is 1.21 bits per heavy atom. The van der Waals surface area contributed by atoms with Gasteiger partial charge in [-0.1, -0.05) is 35.5 Å². The van der Waals surface area contributed by atoms with Gasteiger partial charge in [-0.25, -0.2) is 0 Å². The Bertz CT molecular complexity index is 726. The summed E-state index contributed by atoms with van der Waals surface area (Å²) in [7, 11) is 0. The summed E-state index contributed by atoms with van der Waals surface area (Å²) >= 11 is 0. The van der Waals surface area contributed by atoms with E-state index in [2.05, 4.69) is 5.16 Å². The smallest absolute Gasteiger partial charge is 0.260 e. The van der Waals surface area contributed by atoms with Crippen LogP contribution in [0, 0.1) is 6.92 Å². The zero-order valence-corrected chi connectivity index (χ0v) is 13.8. The molecule has 1 amide bonds. The zero-order valence-electron chi connectivity index (χ0n) is 13.8. The number of hydrogen-bond donors (Lipinski definition) is 1. The SMILES string of the molecule is Cc1onc(-c2ccccc2)c1C(=O)N1[C@@H]2CCC[C@H]1CC(O)C2. The number of fused-ring (bicyclic) bond motifs is 2. The van der Waals surface area contributed by atoms with Crippen LogP contribution >= 0.6 is 0 Å². The molecule has 5 heteroatoms. The second-order valence-electron chi connectivity index (χ2n) is 6.90. The molecule has 1 aromatic carbocycles. The Morgan fingerprint density at radius 2 is 1.88 bits per heavy atom. The highest BCUT2D eigenvalue weighted by Gasteiger charge is 2.42. The van der Waals surface area contributed by atoms with Crippen LogP contribution in [0.25, 0.3) is 11.3 Å². The summed E-state index contributed by atoms with van der Waals surface area (Å²) in [6.45, 7) is 1.79. The summed E-state index contributed by atoms with van der Waals surface area (Å²) in [6, 6.07) is 9.92. The van der Waals surface area contributed by atoms with Crippen LogP contribution in [-0.4, -0.2) is 39.3 Å². The van der Waals surface area contributed by atoms with Gasteiger partial charge in [0.1, 0.15) is 17.0 Å². The molecule has 2 aliphatic rings. The first-order valence-electron chi connectivity index (χ1n) is 8.67. The fraction of sp³-hybridized carbons (Fsp3) is 0.474. The van der Waals surface area contributed by atoms with Gasteiger partial charge in [0, 0.05) is 17.6 Å². The van der Waals surface area contributed by atoms with Crippen molar-refractivity contribution in [3.05, 3.63) is 41.7 Å². The molecule has 1 unspecified atom stereocenters. The first-order valence-corrected chi connectivity index (χ1v) is 8.67. The van der Waals surface area contributed by atoms with Crippen LogP contribution in [0.5, 0.6) is 0 Å². The molecular weight excluding hydrogens is 304 g/mol. The van der Waals surface area contributed by atoms with E-state index < -0.39 is 0 Å². The van der Waals surface area contributed by atoms with Crippen molar-refractivity contribution in [3.63, 3.8) is 0 Å². The van der Waals surface area contributed by atoms with E-state index in [1.165, 1.54) is 0 Å². The van der Waals surface area contributed by atoms with Gasteiger partial charge in [-0.05, 0) is 39.0 Å². The Kier molecular flexibility index (Phi) is 3.88. The lowest BCUT2D eigenvalue weighted by molar-refractivity contribution is -0.0151. The number of benzene rings is 1. The third-order valence-electron chi connectivity index (χ3n) is 5.31. The van der Waals surface area contributed by atoms with Gasteiger partial charge in [0.05, 0.1) is 6.10 Å². The van der Waals surface area contributed by atoms with E-state index in [1.807, 2.05) is 35.2 Å². The normalized spacial score (nSPS) is 26.4. The van der Waals surface area contributed by atoms with E-state index >= 15 is 0 Å². The number of piperidine rings is 2. The maximum Gasteiger partial charge on any atom is 0.260 e. The van der Waals surface area contributed by atoms with Crippen LogP contribution in [0.2, 0.25) is 0 Å². The van der Waals surface area contributed by atoms with Gasteiger partial charge >= 0.3 is 0 Å². The van der Waals surface area contributed by atoms with E-state index in [0.29, 0.717) is 29.9 Å². The van der Waals surface area contributed by atoms with Gasteiger partial charge in [-0.2, -0.15) is 0 Å². The molecule has 1 aromatic heterocycles. The lowest BCUT2D eigenvalue weighted by Crippen LogP contribution is -2.56. The third kappa shape index (κ3) is 2.53. The number of aryl methyl sites for hydroxylation is 1. The van der Waals surface area contributed by atoms with Gasteiger partial charge in [0.2, 0.25) is 0 Å². The molecule has 2 bridgehead atoms. The quantitative estimate of drug-likeness (QED) is 0.920. The van der Waals surface area contributed by atoms with Crippen LogP contribution in [0.1, 0.15) is 48.2 Å². The monoisotopic (exact) mass is 326 g/mol. The second kappa shape index (κ2) is 6.06. The third-order valence-corrected chi connectivity index (χ3v) is 5.31. The van der Waals surface area contributed by atoms with E-state index in [9.17, 15) is 9.90 Å². The molecule has 5 nitrogen and oxygen atoms in total. The van der Waals surface area contributed by atoms with E-state index in [4.69, 9.17) is 4.52 Å². The number of aliphatic hydroxyl groups is 1. The molecule has 2 saturated heterocycles. The number of aliphatic hydroxyl groups excluding tert-OH is 1. The van der Waals surface area contributed by atoms with Gasteiger partial charge in [0.15, 0.2) is 0 Å². The number of aromatic nitrogens is 1. The second-order valence-corrected chi connectivity index (χ2v) is 6.90.